The molecule has 2 heterocycles. The summed E-state index contributed by atoms with van der Waals surface area (Å²) in [6, 6.07) is 12.8. The summed E-state index contributed by atoms with van der Waals surface area (Å²) in [6.07, 6.45) is 1.54. The maximum Gasteiger partial charge on any atom is 0.274 e. The Balaban J connectivity index is 1.93. The molecule has 4 aromatic rings. The van der Waals surface area contributed by atoms with Crippen LogP contribution in [0.15, 0.2) is 64.4 Å². The van der Waals surface area contributed by atoms with E-state index in [4.69, 9.17) is 16.3 Å². The Morgan fingerprint density at radius 3 is 2.50 bits per heavy atom. The van der Waals surface area contributed by atoms with Gasteiger partial charge in [0, 0.05) is 36.8 Å². The zero-order chi connectivity index (χ0) is 27.6. The second kappa shape index (κ2) is 10.7. The number of aromatic amines is 1. The number of hydrogen-bond acceptors (Lipinski definition) is 6. The van der Waals surface area contributed by atoms with E-state index in [1.165, 1.54) is 35.9 Å². The molecule has 0 aliphatic rings. The van der Waals surface area contributed by atoms with Crippen LogP contribution in [0, 0.1) is 0 Å². The van der Waals surface area contributed by atoms with Gasteiger partial charge in [-0.05, 0) is 36.4 Å². The summed E-state index contributed by atoms with van der Waals surface area (Å²) in [6.45, 7) is 1.30. The summed E-state index contributed by atoms with van der Waals surface area (Å²) in [7, 11) is -0.597. The van der Waals surface area contributed by atoms with Crippen LogP contribution in [-0.4, -0.2) is 49.1 Å². The predicted molar refractivity (Wildman–Crippen MR) is 145 cm³/mol. The van der Waals surface area contributed by atoms with Gasteiger partial charge in [-0.15, -0.1) is 0 Å². The summed E-state index contributed by atoms with van der Waals surface area (Å²) in [5, 5.41) is 5.61. The Morgan fingerprint density at radius 2 is 1.82 bits per heavy atom. The number of aryl methyl sites for hydroxylation is 1. The summed E-state index contributed by atoms with van der Waals surface area (Å²) < 4.78 is 32.9. The van der Waals surface area contributed by atoms with E-state index in [2.05, 4.69) is 15.6 Å². The summed E-state index contributed by atoms with van der Waals surface area (Å²) >= 11 is 6.30. The smallest absolute Gasteiger partial charge is 0.274 e. The lowest BCUT2D eigenvalue weighted by Crippen LogP contribution is -2.35. The molecule has 2 amide bonds. The number of fused-ring (bicyclic) bond motifs is 1. The summed E-state index contributed by atoms with van der Waals surface area (Å²) in [5.74, 6) is -0.445. The molecule has 0 fully saturated rings. The third-order valence-electron chi connectivity index (χ3n) is 5.93. The number of hydrogen-bond donors (Lipinski definition) is 3. The molecule has 0 aliphatic heterocycles. The average Bonchev–Trinajstić information content (AvgIpc) is 3.36. The Hall–Kier alpha value is -4.09. The molecule has 2 aromatic heterocycles. The molecule has 0 saturated heterocycles. The SMILES string of the molecule is CCS(=O)(=O)c1ccc(Oc2ccccc2Cl)c(-c2cn(C)c(=O)c3[nH]c(C(=O)NCC(=O)NC)cc23)c1. The highest BCUT2D eigenvalue weighted by Gasteiger charge is 2.22. The van der Waals surface area contributed by atoms with E-state index in [-0.39, 0.29) is 34.3 Å². The van der Waals surface area contributed by atoms with Gasteiger partial charge in [0.25, 0.3) is 11.5 Å². The molecule has 198 valence electrons. The molecule has 0 spiro atoms. The average molecular weight is 557 g/mol. The van der Waals surface area contributed by atoms with E-state index in [9.17, 15) is 22.8 Å². The summed E-state index contributed by atoms with van der Waals surface area (Å²) in [4.78, 5) is 40.1. The number of pyridine rings is 1. The Morgan fingerprint density at radius 1 is 1.08 bits per heavy atom. The number of carbonyl (C=O) groups is 2. The first-order valence-corrected chi connectivity index (χ1v) is 13.6. The highest BCUT2D eigenvalue weighted by atomic mass is 35.5. The number of sulfone groups is 1. The number of likely N-dealkylation sites (N-methyl/N-ethyl adjacent to an activating group) is 1. The summed E-state index contributed by atoms with van der Waals surface area (Å²) in [5.41, 5.74) is 0.595. The fourth-order valence-corrected chi connectivity index (χ4v) is 4.91. The molecule has 12 heteroatoms. The lowest BCUT2D eigenvalue weighted by Gasteiger charge is -2.15. The van der Waals surface area contributed by atoms with E-state index >= 15 is 0 Å². The van der Waals surface area contributed by atoms with Crippen molar-refractivity contribution >= 4 is 44.2 Å². The zero-order valence-corrected chi connectivity index (χ0v) is 22.4. The van der Waals surface area contributed by atoms with Crippen molar-refractivity contribution in [3.8, 4) is 22.6 Å². The molecule has 3 N–H and O–H groups in total. The number of nitrogens with one attached hydrogen (secondary N) is 3. The van der Waals surface area contributed by atoms with Crippen LogP contribution in [0.25, 0.3) is 22.0 Å². The minimum absolute atomic E-state index is 0.0550. The zero-order valence-electron chi connectivity index (χ0n) is 20.8. The normalized spacial score (nSPS) is 11.4. The van der Waals surface area contributed by atoms with Crippen LogP contribution >= 0.6 is 11.6 Å². The number of ether oxygens (including phenoxy) is 1. The number of nitrogens with zero attached hydrogens (tertiary/aromatic N) is 1. The van der Waals surface area contributed by atoms with Crippen molar-refractivity contribution in [2.45, 2.75) is 11.8 Å². The molecule has 2 aromatic carbocycles. The van der Waals surface area contributed by atoms with E-state index in [0.717, 1.165) is 0 Å². The predicted octanol–water partition coefficient (Wildman–Crippen LogP) is 3.25. The van der Waals surface area contributed by atoms with Crippen LogP contribution < -0.4 is 20.9 Å². The van der Waals surface area contributed by atoms with Gasteiger partial charge in [0.1, 0.15) is 22.7 Å². The number of rotatable bonds is 8. The van der Waals surface area contributed by atoms with Crippen LogP contribution in [-0.2, 0) is 21.7 Å². The van der Waals surface area contributed by atoms with Gasteiger partial charge in [-0.3, -0.25) is 14.4 Å². The highest BCUT2D eigenvalue weighted by molar-refractivity contribution is 7.91. The topological polar surface area (TPSA) is 139 Å². The fraction of sp³-hybridized carbons (Fsp3) is 0.192. The Kier molecular flexibility index (Phi) is 7.61. The van der Waals surface area contributed by atoms with E-state index in [1.54, 1.807) is 44.4 Å². The molecule has 0 aliphatic carbocycles. The van der Waals surface area contributed by atoms with Gasteiger partial charge in [-0.1, -0.05) is 30.7 Å². The standard InChI is InChI=1S/C26H25ClN4O6S/c1-4-38(35,36)15-9-10-21(37-22-8-6-5-7-19(22)27)16(11-15)18-14-31(3)26(34)24-17(18)12-20(30-24)25(33)29-13-23(32)28-2/h5-12,14,30H,4,13H2,1-3H3,(H,28,32)(H,29,33). The van der Waals surface area contributed by atoms with Crippen LogP contribution in [0.4, 0.5) is 0 Å². The number of H-pyrrole nitrogens is 1. The monoisotopic (exact) mass is 556 g/mol. The Labute approximate surface area is 223 Å². The molecule has 38 heavy (non-hydrogen) atoms. The van der Waals surface area contributed by atoms with E-state index in [0.29, 0.717) is 33.0 Å². The van der Waals surface area contributed by atoms with E-state index in [1.807, 2.05) is 0 Å². The van der Waals surface area contributed by atoms with Crippen molar-refractivity contribution < 1.29 is 22.7 Å². The number of carbonyl (C=O) groups excluding carboxylic acids is 2. The molecule has 10 nitrogen and oxygen atoms in total. The van der Waals surface area contributed by atoms with Crippen LogP contribution in [0.2, 0.25) is 5.02 Å². The van der Waals surface area contributed by atoms with Gasteiger partial charge < -0.3 is 24.9 Å². The molecule has 4 rings (SSSR count). The molecule has 0 unspecified atom stereocenters. The van der Waals surface area contributed by atoms with Gasteiger partial charge in [0.2, 0.25) is 5.91 Å². The second-order valence-electron chi connectivity index (χ2n) is 8.38. The van der Waals surface area contributed by atoms with Gasteiger partial charge in [0.05, 0.1) is 22.2 Å². The number of amides is 2. The highest BCUT2D eigenvalue weighted by Crippen LogP contribution is 2.40. The number of para-hydroxylation sites is 1. The third kappa shape index (κ3) is 5.29. The van der Waals surface area contributed by atoms with Gasteiger partial charge in [-0.2, -0.15) is 0 Å². The lowest BCUT2D eigenvalue weighted by molar-refractivity contribution is -0.119. The van der Waals surface area contributed by atoms with Crippen molar-refractivity contribution in [3.63, 3.8) is 0 Å². The fourth-order valence-electron chi connectivity index (χ4n) is 3.83. The van der Waals surface area contributed by atoms with Crippen molar-refractivity contribution in [3.05, 3.63) is 75.8 Å². The molecule has 0 atom stereocenters. The first-order valence-electron chi connectivity index (χ1n) is 11.6. The molecular formula is C26H25ClN4O6S. The van der Waals surface area contributed by atoms with Gasteiger partial charge in [0.15, 0.2) is 9.84 Å². The van der Waals surface area contributed by atoms with Crippen molar-refractivity contribution in [2.75, 3.05) is 19.3 Å². The molecular weight excluding hydrogens is 532 g/mol. The largest absolute Gasteiger partial charge is 0.455 e. The number of benzene rings is 2. The van der Waals surface area contributed by atoms with Crippen LogP contribution in [0.1, 0.15) is 17.4 Å². The van der Waals surface area contributed by atoms with Crippen molar-refractivity contribution in [1.29, 1.82) is 0 Å². The minimum atomic E-state index is -3.58. The van der Waals surface area contributed by atoms with Crippen molar-refractivity contribution in [1.82, 2.24) is 20.2 Å². The van der Waals surface area contributed by atoms with Gasteiger partial charge >= 0.3 is 0 Å². The maximum absolute atomic E-state index is 12.9. The van der Waals surface area contributed by atoms with Crippen LogP contribution in [0.5, 0.6) is 11.5 Å². The second-order valence-corrected chi connectivity index (χ2v) is 11.1. The van der Waals surface area contributed by atoms with Crippen LogP contribution in [0.3, 0.4) is 0 Å². The first-order chi connectivity index (χ1) is 18.1. The maximum atomic E-state index is 12.9. The van der Waals surface area contributed by atoms with Crippen molar-refractivity contribution in [2.24, 2.45) is 7.05 Å². The number of halogens is 1. The van der Waals surface area contributed by atoms with Gasteiger partial charge in [-0.25, -0.2) is 8.42 Å². The molecule has 0 bridgehead atoms. The molecule has 0 radical (unpaired) electrons. The third-order valence-corrected chi connectivity index (χ3v) is 7.98. The molecule has 0 saturated carbocycles. The lowest BCUT2D eigenvalue weighted by atomic mass is 10.0. The quantitative estimate of drug-likeness (QED) is 0.304. The first kappa shape index (κ1) is 27.0. The van der Waals surface area contributed by atoms with E-state index < -0.39 is 21.3 Å². The Bertz CT molecular complexity index is 1730. The number of aromatic nitrogens is 2. The minimum Gasteiger partial charge on any atom is -0.455 e.